The van der Waals surface area contributed by atoms with Crippen molar-refractivity contribution in [1.29, 1.82) is 0 Å². The molecule has 0 atom stereocenters. The van der Waals surface area contributed by atoms with Gasteiger partial charge in [-0.2, -0.15) is 0 Å². The third-order valence-electron chi connectivity index (χ3n) is 5.39. The number of rotatable bonds is 5. The summed E-state index contributed by atoms with van der Waals surface area (Å²) < 4.78 is 8.23. The highest BCUT2D eigenvalue weighted by atomic mass is 16.5. The summed E-state index contributed by atoms with van der Waals surface area (Å²) in [5.41, 5.74) is 3.62. The fraction of sp³-hybridized carbons (Fsp3) is 0.174. The van der Waals surface area contributed by atoms with E-state index in [1.165, 1.54) is 4.68 Å². The third kappa shape index (κ3) is 3.24. The van der Waals surface area contributed by atoms with Crippen LogP contribution in [0.3, 0.4) is 0 Å². The summed E-state index contributed by atoms with van der Waals surface area (Å²) in [7, 11) is 0. The fourth-order valence-corrected chi connectivity index (χ4v) is 3.85. The van der Waals surface area contributed by atoms with Crippen LogP contribution in [0, 0.1) is 13.8 Å². The number of carbonyl (C=O) groups is 1. The standard InChI is InChI=1S/C23H20N6O3/c1-14-13-17-5-3-4-6-18(17)29-21(14)26-28(23(29)31)12-11-25-22(30)19-15(2)32-27-20(19)16-7-9-24-10-8-16/h3-10,13H,11-12H2,1-2H3,(H,25,30). The van der Waals surface area contributed by atoms with E-state index in [4.69, 9.17) is 4.52 Å². The molecule has 0 aliphatic rings. The molecule has 160 valence electrons. The van der Waals surface area contributed by atoms with Crippen LogP contribution in [0.2, 0.25) is 0 Å². The van der Waals surface area contributed by atoms with Crippen LogP contribution in [0.1, 0.15) is 21.7 Å². The summed E-state index contributed by atoms with van der Waals surface area (Å²) >= 11 is 0. The van der Waals surface area contributed by atoms with Crippen LogP contribution in [0.15, 0.2) is 64.2 Å². The number of carbonyl (C=O) groups excluding carboxylic acids is 1. The zero-order chi connectivity index (χ0) is 22.2. The second kappa shape index (κ2) is 7.77. The van der Waals surface area contributed by atoms with Crippen molar-refractivity contribution < 1.29 is 9.32 Å². The Morgan fingerprint density at radius 1 is 1.12 bits per heavy atom. The van der Waals surface area contributed by atoms with E-state index in [9.17, 15) is 9.59 Å². The molecule has 1 N–H and O–H groups in total. The Labute approximate surface area is 182 Å². The number of aromatic nitrogens is 5. The first-order chi connectivity index (χ1) is 15.5. The number of hydrogen-bond acceptors (Lipinski definition) is 6. The number of hydrogen-bond donors (Lipinski definition) is 1. The topological polar surface area (TPSA) is 107 Å². The molecule has 0 unspecified atom stereocenters. The molecule has 5 aromatic rings. The molecular formula is C23H20N6O3. The molecule has 0 radical (unpaired) electrons. The molecule has 9 nitrogen and oxygen atoms in total. The highest BCUT2D eigenvalue weighted by Crippen LogP contribution is 2.24. The van der Waals surface area contributed by atoms with Gasteiger partial charge < -0.3 is 9.84 Å². The van der Waals surface area contributed by atoms with Gasteiger partial charge in [-0.15, -0.1) is 5.10 Å². The van der Waals surface area contributed by atoms with Gasteiger partial charge in [0.05, 0.1) is 12.1 Å². The predicted molar refractivity (Wildman–Crippen MR) is 118 cm³/mol. The molecule has 4 heterocycles. The Morgan fingerprint density at radius 3 is 2.72 bits per heavy atom. The first-order valence-corrected chi connectivity index (χ1v) is 10.2. The van der Waals surface area contributed by atoms with E-state index in [1.54, 1.807) is 35.9 Å². The van der Waals surface area contributed by atoms with Crippen molar-refractivity contribution in [3.63, 3.8) is 0 Å². The summed E-state index contributed by atoms with van der Waals surface area (Å²) in [4.78, 5) is 29.9. The Morgan fingerprint density at radius 2 is 1.91 bits per heavy atom. The van der Waals surface area contributed by atoms with Crippen molar-refractivity contribution in [3.05, 3.63) is 82.2 Å². The van der Waals surface area contributed by atoms with Crippen molar-refractivity contribution in [1.82, 2.24) is 29.6 Å². The molecule has 1 aromatic carbocycles. The Balaban J connectivity index is 1.39. The number of nitrogens with one attached hydrogen (secondary N) is 1. The van der Waals surface area contributed by atoms with Gasteiger partial charge in [-0.3, -0.25) is 9.78 Å². The number of amides is 1. The number of fused-ring (bicyclic) bond motifs is 3. The normalized spacial score (nSPS) is 11.3. The minimum atomic E-state index is -0.325. The van der Waals surface area contributed by atoms with Gasteiger partial charge in [-0.1, -0.05) is 23.4 Å². The molecule has 1 amide bonds. The summed E-state index contributed by atoms with van der Waals surface area (Å²) in [5.74, 6) is 0.0929. The monoisotopic (exact) mass is 428 g/mol. The minimum Gasteiger partial charge on any atom is -0.360 e. The van der Waals surface area contributed by atoms with E-state index in [-0.39, 0.29) is 24.7 Å². The summed E-state index contributed by atoms with van der Waals surface area (Å²) in [6.07, 6.45) is 3.26. The molecule has 0 bridgehead atoms. The average Bonchev–Trinajstić information content (AvgIpc) is 3.35. The van der Waals surface area contributed by atoms with E-state index >= 15 is 0 Å². The second-order valence-corrected chi connectivity index (χ2v) is 7.51. The van der Waals surface area contributed by atoms with Crippen LogP contribution in [0.25, 0.3) is 27.8 Å². The molecule has 0 aliphatic heterocycles. The van der Waals surface area contributed by atoms with Gasteiger partial charge in [0, 0.05) is 24.5 Å². The zero-order valence-electron chi connectivity index (χ0n) is 17.6. The fourth-order valence-electron chi connectivity index (χ4n) is 3.85. The summed E-state index contributed by atoms with van der Waals surface area (Å²) in [6, 6.07) is 13.2. The first-order valence-electron chi connectivity index (χ1n) is 10.2. The maximum absolute atomic E-state index is 13.0. The lowest BCUT2D eigenvalue weighted by atomic mass is 10.1. The van der Waals surface area contributed by atoms with Crippen LogP contribution in [-0.2, 0) is 6.54 Å². The molecule has 9 heteroatoms. The molecule has 0 fully saturated rings. The van der Waals surface area contributed by atoms with Crippen LogP contribution in [0.5, 0.6) is 0 Å². The van der Waals surface area contributed by atoms with E-state index < -0.39 is 0 Å². The Hall–Kier alpha value is -4.27. The Bertz CT molecular complexity index is 1510. The van der Waals surface area contributed by atoms with Crippen LogP contribution >= 0.6 is 0 Å². The largest absolute Gasteiger partial charge is 0.360 e. The SMILES string of the molecule is Cc1onc(-c2ccncc2)c1C(=O)NCCn1nc2c(C)cc3ccccc3n2c1=O. The molecule has 0 saturated heterocycles. The molecule has 5 rings (SSSR count). The minimum absolute atomic E-state index is 0.222. The number of para-hydroxylation sites is 1. The lowest BCUT2D eigenvalue weighted by Gasteiger charge is -2.05. The van der Waals surface area contributed by atoms with Crippen molar-refractivity contribution in [2.45, 2.75) is 20.4 Å². The lowest BCUT2D eigenvalue weighted by Crippen LogP contribution is -2.31. The number of pyridine rings is 2. The van der Waals surface area contributed by atoms with Crippen molar-refractivity contribution in [2.24, 2.45) is 0 Å². The number of nitrogens with zero attached hydrogens (tertiary/aromatic N) is 5. The van der Waals surface area contributed by atoms with E-state index in [0.29, 0.717) is 22.7 Å². The van der Waals surface area contributed by atoms with Gasteiger partial charge in [0.2, 0.25) is 0 Å². The zero-order valence-corrected chi connectivity index (χ0v) is 17.6. The van der Waals surface area contributed by atoms with Crippen LogP contribution in [0.4, 0.5) is 0 Å². The first kappa shape index (κ1) is 19.7. The van der Waals surface area contributed by atoms with Crippen LogP contribution in [-0.4, -0.2) is 36.8 Å². The van der Waals surface area contributed by atoms with E-state index in [2.05, 4.69) is 20.6 Å². The van der Waals surface area contributed by atoms with Gasteiger partial charge in [-0.25, -0.2) is 13.9 Å². The lowest BCUT2D eigenvalue weighted by molar-refractivity contribution is 0.0951. The second-order valence-electron chi connectivity index (χ2n) is 7.51. The number of aryl methyl sites for hydroxylation is 2. The summed E-state index contributed by atoms with van der Waals surface area (Å²) in [6.45, 7) is 4.07. The Kier molecular flexibility index (Phi) is 4.78. The van der Waals surface area contributed by atoms with Crippen molar-refractivity contribution in [3.8, 4) is 11.3 Å². The molecule has 0 aliphatic carbocycles. The molecule has 0 spiro atoms. The van der Waals surface area contributed by atoms with Crippen molar-refractivity contribution in [2.75, 3.05) is 6.54 Å². The maximum atomic E-state index is 13.0. The summed E-state index contributed by atoms with van der Waals surface area (Å²) in [5, 5.41) is 12.3. The quantitative estimate of drug-likeness (QED) is 0.461. The van der Waals surface area contributed by atoms with E-state index in [1.807, 2.05) is 37.3 Å². The molecule has 0 saturated carbocycles. The highest BCUT2D eigenvalue weighted by molar-refractivity contribution is 6.00. The number of benzene rings is 1. The van der Waals surface area contributed by atoms with E-state index in [0.717, 1.165) is 22.0 Å². The maximum Gasteiger partial charge on any atom is 0.350 e. The molecular weight excluding hydrogens is 408 g/mol. The van der Waals surface area contributed by atoms with Gasteiger partial charge in [0.15, 0.2) is 5.65 Å². The third-order valence-corrected chi connectivity index (χ3v) is 5.39. The van der Waals surface area contributed by atoms with Gasteiger partial charge >= 0.3 is 5.69 Å². The van der Waals surface area contributed by atoms with Gasteiger partial charge in [0.1, 0.15) is 17.0 Å². The van der Waals surface area contributed by atoms with Gasteiger partial charge in [0.25, 0.3) is 5.91 Å². The average molecular weight is 428 g/mol. The van der Waals surface area contributed by atoms with Crippen LogP contribution < -0.4 is 11.0 Å². The molecule has 4 aromatic heterocycles. The predicted octanol–water partition coefficient (Wildman–Crippen LogP) is 2.75. The van der Waals surface area contributed by atoms with Gasteiger partial charge in [-0.05, 0) is 49.1 Å². The highest BCUT2D eigenvalue weighted by Gasteiger charge is 2.21. The molecule has 32 heavy (non-hydrogen) atoms. The van der Waals surface area contributed by atoms with Crippen molar-refractivity contribution >= 4 is 22.5 Å². The smallest absolute Gasteiger partial charge is 0.350 e.